The summed E-state index contributed by atoms with van der Waals surface area (Å²) in [6, 6.07) is 17.9. The summed E-state index contributed by atoms with van der Waals surface area (Å²) in [6.07, 6.45) is 0.287. The molecule has 0 aliphatic carbocycles. The molecule has 6 nitrogen and oxygen atoms in total. The fraction of sp³-hybridized carbons (Fsp3) is 0.227. The molecule has 1 aliphatic rings. The van der Waals surface area contributed by atoms with Crippen molar-refractivity contribution in [3.63, 3.8) is 0 Å². The number of nitrogens with zero attached hydrogens (tertiary/aromatic N) is 2. The number of halogens is 1. The number of hydrogen-bond donors (Lipinski definition) is 1. The third-order valence-corrected chi connectivity index (χ3v) is 8.14. The van der Waals surface area contributed by atoms with E-state index >= 15 is 0 Å². The van der Waals surface area contributed by atoms with Gasteiger partial charge in [0.25, 0.3) is 10.0 Å². The van der Waals surface area contributed by atoms with E-state index in [0.29, 0.717) is 23.8 Å². The molecule has 1 saturated heterocycles. The fourth-order valence-corrected chi connectivity index (χ4v) is 5.72. The normalized spacial score (nSPS) is 14.5. The molecule has 162 valence electrons. The van der Waals surface area contributed by atoms with Gasteiger partial charge in [0.1, 0.15) is 4.21 Å². The standard InChI is InChI=1S/C22H22ClN3O3S2/c23-18-3-1-4-20(16-18)25-10-12-26(13-11-25)21(27)15-17-6-8-19(9-7-17)24-31(28,29)22-5-2-14-30-22/h1-9,14,16,24H,10-13,15H2. The molecule has 2 heterocycles. The lowest BCUT2D eigenvalue weighted by Gasteiger charge is -2.36. The second-order valence-corrected chi connectivity index (χ2v) is 10.6. The number of hydrogen-bond acceptors (Lipinski definition) is 5. The maximum Gasteiger partial charge on any atom is 0.271 e. The van der Waals surface area contributed by atoms with E-state index in [1.165, 1.54) is 11.3 Å². The highest BCUT2D eigenvalue weighted by atomic mass is 35.5. The SMILES string of the molecule is O=C(Cc1ccc(NS(=O)(=O)c2cccs2)cc1)N1CCN(c2cccc(Cl)c2)CC1. The van der Waals surface area contributed by atoms with Gasteiger partial charge >= 0.3 is 0 Å². The molecular weight excluding hydrogens is 454 g/mol. The molecule has 0 saturated carbocycles. The maximum absolute atomic E-state index is 12.7. The number of sulfonamides is 1. The van der Waals surface area contributed by atoms with Crippen molar-refractivity contribution in [3.05, 3.63) is 76.6 Å². The number of piperazine rings is 1. The lowest BCUT2D eigenvalue weighted by atomic mass is 10.1. The highest BCUT2D eigenvalue weighted by Crippen LogP contribution is 2.22. The molecule has 1 aromatic heterocycles. The number of amides is 1. The molecule has 2 aromatic carbocycles. The van der Waals surface area contributed by atoms with E-state index in [-0.39, 0.29) is 16.5 Å². The Morgan fingerprint density at radius 2 is 1.74 bits per heavy atom. The number of carbonyl (C=O) groups is 1. The van der Waals surface area contributed by atoms with Gasteiger partial charge in [0, 0.05) is 42.6 Å². The summed E-state index contributed by atoms with van der Waals surface area (Å²) in [7, 11) is -3.57. The molecule has 0 bridgehead atoms. The van der Waals surface area contributed by atoms with Crippen molar-refractivity contribution >= 4 is 50.2 Å². The van der Waals surface area contributed by atoms with E-state index < -0.39 is 10.0 Å². The first-order valence-electron chi connectivity index (χ1n) is 9.84. The Labute approximate surface area is 191 Å². The average molecular weight is 476 g/mol. The number of anilines is 2. The third-order valence-electron chi connectivity index (χ3n) is 5.13. The van der Waals surface area contributed by atoms with E-state index in [1.54, 1.807) is 41.8 Å². The van der Waals surface area contributed by atoms with Gasteiger partial charge in [0.2, 0.25) is 5.91 Å². The number of carbonyl (C=O) groups excluding carboxylic acids is 1. The zero-order chi connectivity index (χ0) is 21.8. The van der Waals surface area contributed by atoms with Gasteiger partial charge in [0.15, 0.2) is 0 Å². The first-order chi connectivity index (χ1) is 14.9. The number of thiophene rings is 1. The summed E-state index contributed by atoms with van der Waals surface area (Å²) in [5.74, 6) is 0.0673. The molecule has 31 heavy (non-hydrogen) atoms. The Hall–Kier alpha value is -2.55. The Morgan fingerprint density at radius 3 is 2.39 bits per heavy atom. The number of nitrogens with one attached hydrogen (secondary N) is 1. The molecule has 1 N–H and O–H groups in total. The van der Waals surface area contributed by atoms with Crippen LogP contribution in [0.1, 0.15) is 5.56 Å². The predicted molar refractivity (Wildman–Crippen MR) is 126 cm³/mol. The summed E-state index contributed by atoms with van der Waals surface area (Å²) >= 11 is 7.24. The number of benzene rings is 2. The van der Waals surface area contributed by atoms with Gasteiger partial charge in [-0.2, -0.15) is 0 Å². The first-order valence-corrected chi connectivity index (χ1v) is 12.6. The first kappa shape index (κ1) is 21.7. The second kappa shape index (κ2) is 9.30. The van der Waals surface area contributed by atoms with E-state index in [0.717, 1.165) is 24.3 Å². The van der Waals surface area contributed by atoms with Gasteiger partial charge < -0.3 is 9.80 Å². The summed E-state index contributed by atoms with van der Waals surface area (Å²) in [5, 5.41) is 2.43. The molecule has 0 spiro atoms. The zero-order valence-electron chi connectivity index (χ0n) is 16.7. The highest BCUT2D eigenvalue weighted by Gasteiger charge is 2.21. The van der Waals surface area contributed by atoms with Crippen molar-refractivity contribution in [3.8, 4) is 0 Å². The van der Waals surface area contributed by atoms with Crippen molar-refractivity contribution in [1.29, 1.82) is 0 Å². The van der Waals surface area contributed by atoms with Crippen LogP contribution in [0.4, 0.5) is 11.4 Å². The van der Waals surface area contributed by atoms with Crippen LogP contribution >= 0.6 is 22.9 Å². The van der Waals surface area contributed by atoms with Crippen LogP contribution in [0.15, 0.2) is 70.3 Å². The molecule has 3 aromatic rings. The van der Waals surface area contributed by atoms with Crippen LogP contribution in [0.5, 0.6) is 0 Å². The van der Waals surface area contributed by atoms with Crippen LogP contribution < -0.4 is 9.62 Å². The summed E-state index contributed by atoms with van der Waals surface area (Å²) in [6.45, 7) is 2.83. The van der Waals surface area contributed by atoms with Gasteiger partial charge in [-0.25, -0.2) is 8.42 Å². The quantitative estimate of drug-likeness (QED) is 0.583. The van der Waals surface area contributed by atoms with Crippen LogP contribution in [0, 0.1) is 0 Å². The molecule has 1 aliphatic heterocycles. The number of rotatable bonds is 6. The minimum absolute atomic E-state index is 0.0673. The van der Waals surface area contributed by atoms with Crippen LogP contribution in [-0.2, 0) is 21.2 Å². The van der Waals surface area contributed by atoms with Gasteiger partial charge in [-0.05, 0) is 47.3 Å². The summed E-state index contributed by atoms with van der Waals surface area (Å²) in [4.78, 5) is 16.8. The van der Waals surface area contributed by atoms with Gasteiger partial charge in [-0.3, -0.25) is 9.52 Å². The smallest absolute Gasteiger partial charge is 0.271 e. The Bertz CT molecular complexity index is 1140. The van der Waals surface area contributed by atoms with Crippen molar-refractivity contribution < 1.29 is 13.2 Å². The summed E-state index contributed by atoms with van der Waals surface area (Å²) in [5.41, 5.74) is 2.39. The van der Waals surface area contributed by atoms with Crippen molar-refractivity contribution in [1.82, 2.24) is 4.90 Å². The zero-order valence-corrected chi connectivity index (χ0v) is 19.1. The molecule has 1 amide bonds. The predicted octanol–water partition coefficient (Wildman–Crippen LogP) is 4.09. The van der Waals surface area contributed by atoms with E-state index in [1.807, 2.05) is 29.2 Å². The minimum atomic E-state index is -3.57. The molecule has 9 heteroatoms. The van der Waals surface area contributed by atoms with E-state index in [4.69, 9.17) is 11.6 Å². The van der Waals surface area contributed by atoms with Crippen molar-refractivity contribution in [2.24, 2.45) is 0 Å². The van der Waals surface area contributed by atoms with Gasteiger partial charge in [-0.15, -0.1) is 11.3 Å². The third kappa shape index (κ3) is 5.39. The monoisotopic (exact) mass is 475 g/mol. The average Bonchev–Trinajstić information content (AvgIpc) is 3.31. The lowest BCUT2D eigenvalue weighted by molar-refractivity contribution is -0.130. The Kier molecular flexibility index (Phi) is 6.50. The van der Waals surface area contributed by atoms with Crippen LogP contribution in [0.2, 0.25) is 5.02 Å². The highest BCUT2D eigenvalue weighted by molar-refractivity contribution is 7.94. The van der Waals surface area contributed by atoms with E-state index in [2.05, 4.69) is 9.62 Å². The Balaban J connectivity index is 1.31. The second-order valence-electron chi connectivity index (χ2n) is 7.26. The minimum Gasteiger partial charge on any atom is -0.368 e. The van der Waals surface area contributed by atoms with Gasteiger partial charge in [-0.1, -0.05) is 35.9 Å². The molecule has 4 rings (SSSR count). The van der Waals surface area contributed by atoms with Crippen LogP contribution in [0.25, 0.3) is 0 Å². The Morgan fingerprint density at radius 1 is 1.00 bits per heavy atom. The van der Waals surface area contributed by atoms with E-state index in [9.17, 15) is 13.2 Å². The largest absolute Gasteiger partial charge is 0.368 e. The lowest BCUT2D eigenvalue weighted by Crippen LogP contribution is -2.49. The molecule has 0 atom stereocenters. The van der Waals surface area contributed by atoms with Crippen molar-refractivity contribution in [2.45, 2.75) is 10.6 Å². The fourth-order valence-electron chi connectivity index (χ4n) is 3.49. The maximum atomic E-state index is 12.7. The molecule has 1 fully saturated rings. The molecule has 0 unspecified atom stereocenters. The molecular formula is C22H22ClN3O3S2. The molecule has 0 radical (unpaired) electrons. The topological polar surface area (TPSA) is 69.7 Å². The van der Waals surface area contributed by atoms with Gasteiger partial charge in [0.05, 0.1) is 6.42 Å². The van der Waals surface area contributed by atoms with Crippen LogP contribution in [-0.4, -0.2) is 45.4 Å². The van der Waals surface area contributed by atoms with Crippen LogP contribution in [0.3, 0.4) is 0 Å². The summed E-state index contributed by atoms with van der Waals surface area (Å²) < 4.78 is 27.4. The van der Waals surface area contributed by atoms with Crippen molar-refractivity contribution in [2.75, 3.05) is 35.8 Å².